The molecular weight excluding hydrogens is 200 g/mol. The molecule has 0 saturated carbocycles. The van der Waals surface area contributed by atoms with Crippen LogP contribution in [-0.2, 0) is 0 Å². The molecule has 6 heteroatoms. The third-order valence-corrected chi connectivity index (χ3v) is 1.74. The summed E-state index contributed by atoms with van der Waals surface area (Å²) in [5, 5.41) is 17.9. The Morgan fingerprint density at radius 3 is 2.80 bits per heavy atom. The van der Waals surface area contributed by atoms with Crippen molar-refractivity contribution in [2.24, 2.45) is 0 Å². The van der Waals surface area contributed by atoms with Crippen LogP contribution >= 0.6 is 0 Å². The van der Waals surface area contributed by atoms with Gasteiger partial charge in [0.25, 0.3) is 0 Å². The molecule has 2 aromatic heterocycles. The van der Waals surface area contributed by atoms with E-state index < -0.39 is 11.8 Å². The molecule has 2 aromatic rings. The van der Waals surface area contributed by atoms with E-state index in [9.17, 15) is 9.90 Å². The van der Waals surface area contributed by atoms with Gasteiger partial charge in [-0.3, -0.25) is 0 Å². The number of hydrogen-bond donors (Lipinski definition) is 2. The third-order valence-electron chi connectivity index (χ3n) is 1.74. The SMILES string of the molecule is O=C(O)c1cnc(-c2ccco2)nc1O. The number of aromatic hydroxyl groups is 1. The van der Waals surface area contributed by atoms with Crippen LogP contribution in [0.4, 0.5) is 0 Å². The van der Waals surface area contributed by atoms with Crippen molar-refractivity contribution in [1.82, 2.24) is 9.97 Å². The van der Waals surface area contributed by atoms with Crippen LogP contribution in [0.15, 0.2) is 29.0 Å². The van der Waals surface area contributed by atoms with E-state index in [-0.39, 0.29) is 11.4 Å². The molecule has 0 spiro atoms. The van der Waals surface area contributed by atoms with Gasteiger partial charge in [0.15, 0.2) is 11.6 Å². The van der Waals surface area contributed by atoms with Crippen LogP contribution in [0.25, 0.3) is 11.6 Å². The largest absolute Gasteiger partial charge is 0.493 e. The Morgan fingerprint density at radius 1 is 1.47 bits per heavy atom. The lowest BCUT2D eigenvalue weighted by Gasteiger charge is -1.99. The van der Waals surface area contributed by atoms with Crippen molar-refractivity contribution in [3.63, 3.8) is 0 Å². The van der Waals surface area contributed by atoms with Gasteiger partial charge in [-0.25, -0.2) is 9.78 Å². The molecule has 0 aliphatic heterocycles. The number of carbonyl (C=O) groups is 1. The summed E-state index contributed by atoms with van der Waals surface area (Å²) in [6, 6.07) is 3.25. The van der Waals surface area contributed by atoms with Crippen molar-refractivity contribution < 1.29 is 19.4 Å². The fourth-order valence-electron chi connectivity index (χ4n) is 1.05. The minimum atomic E-state index is -1.28. The molecule has 2 N–H and O–H groups in total. The Labute approximate surface area is 83.8 Å². The summed E-state index contributed by atoms with van der Waals surface area (Å²) >= 11 is 0. The number of rotatable bonds is 2. The van der Waals surface area contributed by atoms with Crippen LogP contribution in [0, 0.1) is 0 Å². The van der Waals surface area contributed by atoms with Gasteiger partial charge in [0.1, 0.15) is 5.56 Å². The summed E-state index contributed by atoms with van der Waals surface area (Å²) in [5.74, 6) is -1.35. The zero-order valence-electron chi connectivity index (χ0n) is 7.41. The summed E-state index contributed by atoms with van der Waals surface area (Å²) in [7, 11) is 0. The topological polar surface area (TPSA) is 96.5 Å². The lowest BCUT2D eigenvalue weighted by atomic mass is 10.3. The van der Waals surface area contributed by atoms with Gasteiger partial charge in [0.2, 0.25) is 5.88 Å². The molecule has 0 radical (unpaired) electrons. The van der Waals surface area contributed by atoms with Crippen molar-refractivity contribution in [2.75, 3.05) is 0 Å². The Balaban J connectivity index is 2.47. The Bertz CT molecular complexity index is 493. The van der Waals surface area contributed by atoms with E-state index in [4.69, 9.17) is 9.52 Å². The maximum atomic E-state index is 10.6. The van der Waals surface area contributed by atoms with Crippen LogP contribution in [0.5, 0.6) is 5.88 Å². The second kappa shape index (κ2) is 3.41. The minimum absolute atomic E-state index is 0.141. The van der Waals surface area contributed by atoms with Gasteiger partial charge in [0.05, 0.1) is 6.26 Å². The maximum absolute atomic E-state index is 10.6. The fraction of sp³-hybridized carbons (Fsp3) is 0. The summed E-state index contributed by atoms with van der Waals surface area (Å²) in [4.78, 5) is 17.9. The molecular formula is C9H6N2O4. The molecule has 6 nitrogen and oxygen atoms in total. The Hall–Kier alpha value is -2.37. The number of hydrogen-bond acceptors (Lipinski definition) is 5. The molecule has 0 aliphatic carbocycles. The van der Waals surface area contributed by atoms with E-state index in [2.05, 4.69) is 9.97 Å². The van der Waals surface area contributed by atoms with E-state index in [1.165, 1.54) is 6.26 Å². The first-order valence-corrected chi connectivity index (χ1v) is 4.01. The Kier molecular flexibility index (Phi) is 2.09. The molecule has 15 heavy (non-hydrogen) atoms. The van der Waals surface area contributed by atoms with Crippen LogP contribution in [0.1, 0.15) is 10.4 Å². The van der Waals surface area contributed by atoms with E-state index in [0.717, 1.165) is 6.20 Å². The highest BCUT2D eigenvalue weighted by Crippen LogP contribution is 2.19. The highest BCUT2D eigenvalue weighted by molar-refractivity contribution is 5.89. The van der Waals surface area contributed by atoms with Crippen molar-refractivity contribution >= 4 is 5.97 Å². The molecule has 2 heterocycles. The second-order valence-corrected chi connectivity index (χ2v) is 2.71. The first-order chi connectivity index (χ1) is 7.18. The average molecular weight is 206 g/mol. The first kappa shape index (κ1) is 9.20. The predicted molar refractivity (Wildman–Crippen MR) is 48.4 cm³/mol. The number of nitrogens with zero attached hydrogens (tertiary/aromatic N) is 2. The normalized spacial score (nSPS) is 10.1. The van der Waals surface area contributed by atoms with Gasteiger partial charge >= 0.3 is 5.97 Å². The molecule has 0 aliphatic rings. The molecule has 2 rings (SSSR count). The first-order valence-electron chi connectivity index (χ1n) is 4.01. The molecule has 76 valence electrons. The second-order valence-electron chi connectivity index (χ2n) is 2.71. The van der Waals surface area contributed by atoms with Crippen LogP contribution in [-0.4, -0.2) is 26.2 Å². The van der Waals surface area contributed by atoms with Crippen LogP contribution in [0.2, 0.25) is 0 Å². The van der Waals surface area contributed by atoms with E-state index in [0.29, 0.717) is 5.76 Å². The van der Waals surface area contributed by atoms with Crippen LogP contribution in [0.3, 0.4) is 0 Å². The van der Waals surface area contributed by atoms with Crippen molar-refractivity contribution in [3.8, 4) is 17.5 Å². The monoisotopic (exact) mass is 206 g/mol. The summed E-state index contributed by atoms with van der Waals surface area (Å²) in [6.45, 7) is 0. The Morgan fingerprint density at radius 2 is 2.27 bits per heavy atom. The quantitative estimate of drug-likeness (QED) is 0.764. The van der Waals surface area contributed by atoms with Gasteiger partial charge in [-0.05, 0) is 12.1 Å². The van der Waals surface area contributed by atoms with Crippen LogP contribution < -0.4 is 0 Å². The zero-order chi connectivity index (χ0) is 10.8. The van der Waals surface area contributed by atoms with Gasteiger partial charge in [-0.1, -0.05) is 0 Å². The lowest BCUT2D eigenvalue weighted by Crippen LogP contribution is -2.00. The third kappa shape index (κ3) is 1.64. The van der Waals surface area contributed by atoms with Crippen molar-refractivity contribution in [1.29, 1.82) is 0 Å². The predicted octanol–water partition coefficient (Wildman–Crippen LogP) is 1.14. The van der Waals surface area contributed by atoms with Gasteiger partial charge in [0, 0.05) is 6.20 Å². The summed E-state index contributed by atoms with van der Waals surface area (Å²) < 4.78 is 4.99. The van der Waals surface area contributed by atoms with Gasteiger partial charge in [-0.2, -0.15) is 4.98 Å². The number of aromatic nitrogens is 2. The number of carboxylic acid groups (broad SMARTS) is 1. The van der Waals surface area contributed by atoms with E-state index >= 15 is 0 Å². The molecule has 0 saturated heterocycles. The number of aromatic carboxylic acids is 1. The lowest BCUT2D eigenvalue weighted by molar-refractivity contribution is 0.0692. The summed E-state index contributed by atoms with van der Waals surface area (Å²) in [5.41, 5.74) is -0.342. The van der Waals surface area contributed by atoms with Gasteiger partial charge < -0.3 is 14.6 Å². The number of furan rings is 1. The standard InChI is InChI=1S/C9H6N2O4/c12-8-5(9(13)14)4-10-7(11-8)6-2-1-3-15-6/h1-4H,(H,13,14)(H,10,11,12). The highest BCUT2D eigenvalue weighted by atomic mass is 16.4. The number of carboxylic acids is 1. The minimum Gasteiger partial charge on any atom is -0.493 e. The summed E-state index contributed by atoms with van der Waals surface area (Å²) in [6.07, 6.45) is 2.46. The average Bonchev–Trinajstić information content (AvgIpc) is 2.69. The molecule has 0 bridgehead atoms. The molecule has 0 atom stereocenters. The maximum Gasteiger partial charge on any atom is 0.342 e. The molecule has 0 unspecified atom stereocenters. The smallest absolute Gasteiger partial charge is 0.342 e. The van der Waals surface area contributed by atoms with E-state index in [1.807, 2.05) is 0 Å². The van der Waals surface area contributed by atoms with Crippen molar-refractivity contribution in [3.05, 3.63) is 30.2 Å². The fourth-order valence-corrected chi connectivity index (χ4v) is 1.05. The molecule has 0 aromatic carbocycles. The highest BCUT2D eigenvalue weighted by Gasteiger charge is 2.14. The van der Waals surface area contributed by atoms with Crippen molar-refractivity contribution in [2.45, 2.75) is 0 Å². The van der Waals surface area contributed by atoms with Gasteiger partial charge in [-0.15, -0.1) is 0 Å². The van der Waals surface area contributed by atoms with E-state index in [1.54, 1.807) is 12.1 Å². The molecule has 0 fully saturated rings. The molecule has 0 amide bonds. The zero-order valence-corrected chi connectivity index (χ0v) is 7.41.